The minimum atomic E-state index is -1.94. The highest BCUT2D eigenvalue weighted by molar-refractivity contribution is 5.87. The molecule has 0 amide bonds. The van der Waals surface area contributed by atoms with Gasteiger partial charge in [-0.15, -0.1) is 0 Å². The van der Waals surface area contributed by atoms with Crippen LogP contribution in [0.25, 0.3) is 0 Å². The molecular formula is C14H20O8. The summed E-state index contributed by atoms with van der Waals surface area (Å²) in [6.45, 7) is 2.82. The molecule has 0 radical (unpaired) electrons. The summed E-state index contributed by atoms with van der Waals surface area (Å²) in [4.78, 5) is 46.0. The summed E-state index contributed by atoms with van der Waals surface area (Å²) in [5.74, 6) is -3.55. The molecule has 0 bridgehead atoms. The Labute approximate surface area is 127 Å². The molecule has 0 aromatic rings. The highest BCUT2D eigenvalue weighted by Crippen LogP contribution is 2.34. The van der Waals surface area contributed by atoms with Gasteiger partial charge in [0.2, 0.25) is 5.60 Å². The van der Waals surface area contributed by atoms with Crippen molar-refractivity contribution in [2.75, 3.05) is 7.11 Å². The first kappa shape index (κ1) is 17.9. The van der Waals surface area contributed by atoms with Gasteiger partial charge in [-0.25, -0.2) is 4.79 Å². The minimum absolute atomic E-state index is 0.0694. The van der Waals surface area contributed by atoms with Crippen molar-refractivity contribution in [3.8, 4) is 0 Å². The Hall–Kier alpha value is -2.12. The largest absolute Gasteiger partial charge is 0.478 e. The van der Waals surface area contributed by atoms with Crippen LogP contribution >= 0.6 is 0 Å². The van der Waals surface area contributed by atoms with Gasteiger partial charge in [0.25, 0.3) is 0 Å². The number of methoxy groups -OCH3 is 1. The summed E-state index contributed by atoms with van der Waals surface area (Å²) in [6.07, 6.45) is -0.310. The van der Waals surface area contributed by atoms with E-state index in [-0.39, 0.29) is 19.3 Å². The number of cyclic esters (lactones) is 1. The van der Waals surface area contributed by atoms with Gasteiger partial charge < -0.3 is 19.3 Å². The first-order valence-electron chi connectivity index (χ1n) is 6.84. The second-order valence-electron chi connectivity index (χ2n) is 5.60. The normalized spacial score (nSPS) is 28.8. The van der Waals surface area contributed by atoms with Crippen molar-refractivity contribution >= 4 is 23.9 Å². The van der Waals surface area contributed by atoms with Crippen LogP contribution in [0.15, 0.2) is 0 Å². The molecule has 8 heteroatoms. The molecule has 1 heterocycles. The Morgan fingerprint density at radius 1 is 1.32 bits per heavy atom. The Kier molecular flexibility index (Phi) is 5.51. The number of ether oxygens (including phenoxy) is 3. The molecular weight excluding hydrogens is 296 g/mol. The third kappa shape index (κ3) is 4.44. The number of carbonyl (C=O) groups excluding carboxylic acids is 3. The highest BCUT2D eigenvalue weighted by Gasteiger charge is 2.48. The molecule has 0 aliphatic carbocycles. The topological polar surface area (TPSA) is 116 Å². The van der Waals surface area contributed by atoms with Crippen LogP contribution in [0, 0.1) is 0 Å². The fourth-order valence-electron chi connectivity index (χ4n) is 2.54. The van der Waals surface area contributed by atoms with Crippen molar-refractivity contribution in [3.63, 3.8) is 0 Å². The summed E-state index contributed by atoms with van der Waals surface area (Å²) in [7, 11) is 1.13. The van der Waals surface area contributed by atoms with Crippen molar-refractivity contribution in [1.82, 2.24) is 0 Å². The molecule has 0 spiro atoms. The molecule has 124 valence electrons. The first-order chi connectivity index (χ1) is 10.1. The van der Waals surface area contributed by atoms with Crippen molar-refractivity contribution in [2.45, 2.75) is 57.2 Å². The van der Waals surface area contributed by atoms with Gasteiger partial charge in [-0.05, 0) is 26.2 Å². The summed E-state index contributed by atoms with van der Waals surface area (Å²) < 4.78 is 14.7. The zero-order chi connectivity index (χ0) is 17.0. The van der Waals surface area contributed by atoms with E-state index in [1.54, 1.807) is 6.92 Å². The van der Waals surface area contributed by atoms with Crippen LogP contribution in [0.2, 0.25) is 0 Å². The molecule has 1 N–H and O–H groups in total. The van der Waals surface area contributed by atoms with Crippen LogP contribution in [-0.4, -0.2) is 47.3 Å². The lowest BCUT2D eigenvalue weighted by molar-refractivity contribution is -0.192. The lowest BCUT2D eigenvalue weighted by Gasteiger charge is -2.36. The quantitative estimate of drug-likeness (QED) is 0.598. The Balaban J connectivity index is 2.96. The molecule has 2 atom stereocenters. The van der Waals surface area contributed by atoms with Gasteiger partial charge in [-0.2, -0.15) is 0 Å². The number of esters is 3. The van der Waals surface area contributed by atoms with Crippen LogP contribution in [0.5, 0.6) is 0 Å². The zero-order valence-electron chi connectivity index (χ0n) is 12.8. The number of carbonyl (C=O) groups is 4. The first-order valence-corrected chi connectivity index (χ1v) is 6.84. The number of hydrogen-bond acceptors (Lipinski definition) is 7. The van der Waals surface area contributed by atoms with E-state index in [0.29, 0.717) is 6.42 Å². The molecule has 1 rings (SSSR count). The number of carboxylic acid groups (broad SMARTS) is 1. The predicted molar refractivity (Wildman–Crippen MR) is 71.7 cm³/mol. The summed E-state index contributed by atoms with van der Waals surface area (Å²) >= 11 is 0. The van der Waals surface area contributed by atoms with E-state index < -0.39 is 41.5 Å². The van der Waals surface area contributed by atoms with Gasteiger partial charge in [-0.3, -0.25) is 14.4 Å². The highest BCUT2D eigenvalue weighted by atomic mass is 16.6. The van der Waals surface area contributed by atoms with Gasteiger partial charge in [0.05, 0.1) is 20.0 Å². The van der Waals surface area contributed by atoms with E-state index >= 15 is 0 Å². The standard InChI is InChI=1S/C14H20O8/c1-9(15)21-13(2)5-4-6-14(12(18)19,8-10(16)20-3)22-11(17)7-13/h4-8H2,1-3H3,(H,18,19). The maximum absolute atomic E-state index is 12.0. The van der Waals surface area contributed by atoms with Crippen molar-refractivity contribution < 1.29 is 38.5 Å². The summed E-state index contributed by atoms with van der Waals surface area (Å²) in [5, 5.41) is 9.37. The van der Waals surface area contributed by atoms with Crippen molar-refractivity contribution in [1.29, 1.82) is 0 Å². The van der Waals surface area contributed by atoms with Crippen LogP contribution in [0.3, 0.4) is 0 Å². The monoisotopic (exact) mass is 316 g/mol. The Bertz CT molecular complexity index is 485. The van der Waals surface area contributed by atoms with E-state index in [1.165, 1.54) is 6.92 Å². The van der Waals surface area contributed by atoms with Crippen molar-refractivity contribution in [3.05, 3.63) is 0 Å². The van der Waals surface area contributed by atoms with Gasteiger partial charge >= 0.3 is 23.9 Å². The van der Waals surface area contributed by atoms with Gasteiger partial charge in [0, 0.05) is 6.92 Å². The van der Waals surface area contributed by atoms with Crippen molar-refractivity contribution in [2.24, 2.45) is 0 Å². The Morgan fingerprint density at radius 2 is 1.95 bits per heavy atom. The average Bonchev–Trinajstić information content (AvgIpc) is 2.34. The van der Waals surface area contributed by atoms with Crippen LogP contribution in [0.4, 0.5) is 0 Å². The number of rotatable bonds is 4. The fourth-order valence-corrected chi connectivity index (χ4v) is 2.54. The Morgan fingerprint density at radius 3 is 2.45 bits per heavy atom. The second kappa shape index (κ2) is 6.76. The third-order valence-electron chi connectivity index (χ3n) is 3.55. The van der Waals surface area contributed by atoms with Gasteiger partial charge in [0.15, 0.2) is 0 Å². The lowest BCUT2D eigenvalue weighted by Crippen LogP contribution is -2.49. The van der Waals surface area contributed by atoms with E-state index in [4.69, 9.17) is 9.47 Å². The molecule has 0 aromatic heterocycles. The van der Waals surface area contributed by atoms with Gasteiger partial charge in [0.1, 0.15) is 5.60 Å². The zero-order valence-corrected chi connectivity index (χ0v) is 12.8. The molecule has 22 heavy (non-hydrogen) atoms. The second-order valence-corrected chi connectivity index (χ2v) is 5.60. The molecule has 1 aliphatic heterocycles. The molecule has 1 saturated heterocycles. The molecule has 0 aromatic carbocycles. The maximum Gasteiger partial charge on any atom is 0.348 e. The summed E-state index contributed by atoms with van der Waals surface area (Å²) in [6, 6.07) is 0. The number of hydrogen-bond donors (Lipinski definition) is 1. The minimum Gasteiger partial charge on any atom is -0.478 e. The SMILES string of the molecule is COC(=O)CC1(C(=O)O)CCCC(C)(OC(C)=O)CC(=O)O1. The van der Waals surface area contributed by atoms with E-state index in [9.17, 15) is 24.3 Å². The predicted octanol–water partition coefficient (Wildman–Crippen LogP) is 0.812. The van der Waals surface area contributed by atoms with E-state index in [1.807, 2.05) is 0 Å². The molecule has 1 aliphatic rings. The summed E-state index contributed by atoms with van der Waals surface area (Å²) in [5.41, 5.74) is -2.99. The third-order valence-corrected chi connectivity index (χ3v) is 3.55. The van der Waals surface area contributed by atoms with Crippen LogP contribution in [0.1, 0.15) is 46.0 Å². The molecule has 8 nitrogen and oxygen atoms in total. The van der Waals surface area contributed by atoms with Crippen LogP contribution in [-0.2, 0) is 33.4 Å². The average molecular weight is 316 g/mol. The van der Waals surface area contributed by atoms with E-state index in [2.05, 4.69) is 4.74 Å². The molecule has 2 unspecified atom stereocenters. The fraction of sp³-hybridized carbons (Fsp3) is 0.714. The number of aliphatic carboxylic acids is 1. The molecule has 1 fully saturated rings. The van der Waals surface area contributed by atoms with E-state index in [0.717, 1.165) is 7.11 Å². The smallest absolute Gasteiger partial charge is 0.348 e. The van der Waals surface area contributed by atoms with Gasteiger partial charge in [-0.1, -0.05) is 0 Å². The molecule has 0 saturated carbocycles. The van der Waals surface area contributed by atoms with Crippen LogP contribution < -0.4 is 0 Å². The maximum atomic E-state index is 12.0. The number of carboxylic acids is 1. The lowest BCUT2D eigenvalue weighted by atomic mass is 9.86.